The number of nitrogens with two attached hydrogens (primary N) is 1. The van der Waals surface area contributed by atoms with Crippen LogP contribution < -0.4 is 15.8 Å². The number of hydrogen-bond acceptors (Lipinski definition) is 3. The molecular formula is C15H14F2N2O2. The van der Waals surface area contributed by atoms with Gasteiger partial charge in [0.1, 0.15) is 17.4 Å². The molecule has 0 aliphatic heterocycles. The predicted octanol–water partition coefficient (Wildman–Crippen LogP) is 2.44. The normalized spacial score (nSPS) is 10.2. The van der Waals surface area contributed by atoms with Gasteiger partial charge in [-0.2, -0.15) is 0 Å². The fourth-order valence-electron chi connectivity index (χ4n) is 1.75. The van der Waals surface area contributed by atoms with Crippen LogP contribution in [0.15, 0.2) is 42.5 Å². The van der Waals surface area contributed by atoms with E-state index in [0.717, 1.165) is 0 Å². The molecule has 3 N–H and O–H groups in total. The molecule has 4 nitrogen and oxygen atoms in total. The molecule has 2 aromatic rings. The van der Waals surface area contributed by atoms with E-state index in [4.69, 9.17) is 10.5 Å². The van der Waals surface area contributed by atoms with Crippen molar-refractivity contribution < 1.29 is 18.3 Å². The molecule has 0 unspecified atom stereocenters. The lowest BCUT2D eigenvalue weighted by atomic mass is 10.2. The van der Waals surface area contributed by atoms with E-state index in [0.29, 0.717) is 17.0 Å². The van der Waals surface area contributed by atoms with Crippen LogP contribution in [0.2, 0.25) is 0 Å². The number of benzene rings is 2. The Morgan fingerprint density at radius 1 is 1.14 bits per heavy atom. The van der Waals surface area contributed by atoms with Crippen molar-refractivity contribution in [2.24, 2.45) is 5.73 Å². The highest BCUT2D eigenvalue weighted by Crippen LogP contribution is 2.19. The van der Waals surface area contributed by atoms with Gasteiger partial charge in [-0.25, -0.2) is 8.78 Å². The fourth-order valence-corrected chi connectivity index (χ4v) is 1.75. The predicted molar refractivity (Wildman–Crippen MR) is 74.8 cm³/mol. The van der Waals surface area contributed by atoms with E-state index in [1.54, 1.807) is 6.07 Å². The Morgan fingerprint density at radius 2 is 1.90 bits per heavy atom. The molecular weight excluding hydrogens is 278 g/mol. The molecule has 0 aliphatic rings. The summed E-state index contributed by atoms with van der Waals surface area (Å²) in [5.41, 5.74) is 6.28. The van der Waals surface area contributed by atoms with E-state index in [-0.39, 0.29) is 13.2 Å². The smallest absolute Gasteiger partial charge is 0.262 e. The van der Waals surface area contributed by atoms with Gasteiger partial charge in [-0.15, -0.1) is 0 Å². The molecule has 0 bridgehead atoms. The number of halogens is 2. The van der Waals surface area contributed by atoms with E-state index in [1.165, 1.54) is 36.4 Å². The second-order valence-corrected chi connectivity index (χ2v) is 4.30. The lowest BCUT2D eigenvalue weighted by Gasteiger charge is -2.10. The monoisotopic (exact) mass is 292 g/mol. The molecule has 2 aromatic carbocycles. The van der Waals surface area contributed by atoms with Gasteiger partial charge in [0.15, 0.2) is 6.61 Å². The third-order valence-corrected chi connectivity index (χ3v) is 2.71. The highest BCUT2D eigenvalue weighted by atomic mass is 19.1. The van der Waals surface area contributed by atoms with E-state index >= 15 is 0 Å². The highest BCUT2D eigenvalue weighted by Gasteiger charge is 2.08. The summed E-state index contributed by atoms with van der Waals surface area (Å²) in [7, 11) is 0. The Bertz CT molecular complexity index is 647. The molecule has 2 rings (SSSR count). The van der Waals surface area contributed by atoms with Crippen molar-refractivity contribution in [1.29, 1.82) is 0 Å². The minimum atomic E-state index is -0.451. The number of hydrogen-bond donors (Lipinski definition) is 2. The summed E-state index contributed by atoms with van der Waals surface area (Å²) in [5, 5.41) is 2.49. The second-order valence-electron chi connectivity index (χ2n) is 4.30. The SMILES string of the molecule is NCc1cc(F)ccc1OCC(=O)Nc1cccc(F)c1. The van der Waals surface area contributed by atoms with Crippen molar-refractivity contribution in [3.8, 4) is 5.75 Å². The first-order valence-electron chi connectivity index (χ1n) is 6.25. The maximum Gasteiger partial charge on any atom is 0.262 e. The molecule has 0 aromatic heterocycles. The van der Waals surface area contributed by atoms with Gasteiger partial charge in [0.2, 0.25) is 0 Å². The van der Waals surface area contributed by atoms with Crippen LogP contribution in [-0.2, 0) is 11.3 Å². The maximum atomic E-state index is 13.0. The van der Waals surface area contributed by atoms with Gasteiger partial charge in [-0.1, -0.05) is 6.07 Å². The van der Waals surface area contributed by atoms with Crippen molar-refractivity contribution in [3.05, 3.63) is 59.7 Å². The molecule has 0 saturated carbocycles. The Hall–Kier alpha value is -2.47. The van der Waals surface area contributed by atoms with Crippen LogP contribution in [-0.4, -0.2) is 12.5 Å². The largest absolute Gasteiger partial charge is 0.483 e. The van der Waals surface area contributed by atoms with Crippen LogP contribution >= 0.6 is 0 Å². The third kappa shape index (κ3) is 4.25. The van der Waals surface area contributed by atoms with Crippen molar-refractivity contribution in [2.45, 2.75) is 6.54 Å². The van der Waals surface area contributed by atoms with Crippen molar-refractivity contribution in [2.75, 3.05) is 11.9 Å². The minimum Gasteiger partial charge on any atom is -0.483 e. The fraction of sp³-hybridized carbons (Fsp3) is 0.133. The van der Waals surface area contributed by atoms with Crippen LogP contribution in [0.25, 0.3) is 0 Å². The maximum absolute atomic E-state index is 13.0. The van der Waals surface area contributed by atoms with Gasteiger partial charge in [-0.05, 0) is 36.4 Å². The summed E-state index contributed by atoms with van der Waals surface area (Å²) in [4.78, 5) is 11.7. The zero-order chi connectivity index (χ0) is 15.2. The Morgan fingerprint density at radius 3 is 2.62 bits per heavy atom. The van der Waals surface area contributed by atoms with Gasteiger partial charge in [0.05, 0.1) is 0 Å². The number of amides is 1. The molecule has 6 heteroatoms. The van der Waals surface area contributed by atoms with Crippen LogP contribution in [0, 0.1) is 11.6 Å². The highest BCUT2D eigenvalue weighted by molar-refractivity contribution is 5.91. The summed E-state index contributed by atoms with van der Waals surface area (Å²) >= 11 is 0. The standard InChI is InChI=1S/C15H14F2N2O2/c16-11-2-1-3-13(7-11)19-15(20)9-21-14-5-4-12(17)6-10(14)8-18/h1-7H,8-9,18H2,(H,19,20). The molecule has 0 fully saturated rings. The molecule has 0 atom stereocenters. The van der Waals surface area contributed by atoms with E-state index in [2.05, 4.69) is 5.32 Å². The first kappa shape index (κ1) is 14.9. The third-order valence-electron chi connectivity index (χ3n) is 2.71. The second kappa shape index (κ2) is 6.81. The van der Waals surface area contributed by atoms with Gasteiger partial charge < -0.3 is 15.8 Å². The van der Waals surface area contributed by atoms with Crippen LogP contribution in [0.3, 0.4) is 0 Å². The topological polar surface area (TPSA) is 64.3 Å². The zero-order valence-electron chi connectivity index (χ0n) is 11.1. The molecule has 0 radical (unpaired) electrons. The molecule has 110 valence electrons. The Kier molecular flexibility index (Phi) is 4.84. The Labute approximate surface area is 120 Å². The number of ether oxygens (including phenoxy) is 1. The van der Waals surface area contributed by atoms with Gasteiger partial charge in [0, 0.05) is 17.8 Å². The van der Waals surface area contributed by atoms with Crippen molar-refractivity contribution in [3.63, 3.8) is 0 Å². The van der Waals surface area contributed by atoms with E-state index in [9.17, 15) is 13.6 Å². The summed E-state index contributed by atoms with van der Waals surface area (Å²) in [6.07, 6.45) is 0. The number of carbonyl (C=O) groups is 1. The number of nitrogens with one attached hydrogen (secondary N) is 1. The lowest BCUT2D eigenvalue weighted by molar-refractivity contribution is -0.118. The van der Waals surface area contributed by atoms with Crippen LogP contribution in [0.1, 0.15) is 5.56 Å². The summed E-state index contributed by atoms with van der Waals surface area (Å²) in [6.45, 7) is -0.187. The van der Waals surface area contributed by atoms with Crippen molar-refractivity contribution >= 4 is 11.6 Å². The molecule has 0 heterocycles. The number of carbonyl (C=O) groups excluding carboxylic acids is 1. The quantitative estimate of drug-likeness (QED) is 0.889. The zero-order valence-corrected chi connectivity index (χ0v) is 11.1. The molecule has 0 aliphatic carbocycles. The van der Waals surface area contributed by atoms with Crippen molar-refractivity contribution in [1.82, 2.24) is 0 Å². The van der Waals surface area contributed by atoms with Crippen LogP contribution in [0.5, 0.6) is 5.75 Å². The van der Waals surface area contributed by atoms with Gasteiger partial charge in [0.25, 0.3) is 5.91 Å². The van der Waals surface area contributed by atoms with E-state index in [1.807, 2.05) is 0 Å². The van der Waals surface area contributed by atoms with Gasteiger partial charge in [-0.3, -0.25) is 4.79 Å². The number of rotatable bonds is 5. The lowest BCUT2D eigenvalue weighted by Crippen LogP contribution is -2.20. The summed E-state index contributed by atoms with van der Waals surface area (Å²) in [6, 6.07) is 9.40. The van der Waals surface area contributed by atoms with E-state index < -0.39 is 17.5 Å². The molecule has 21 heavy (non-hydrogen) atoms. The number of anilines is 1. The summed E-state index contributed by atoms with van der Waals surface area (Å²) in [5.74, 6) is -0.981. The average Bonchev–Trinajstić information content (AvgIpc) is 2.45. The minimum absolute atomic E-state index is 0.0958. The van der Waals surface area contributed by atoms with Gasteiger partial charge >= 0.3 is 0 Å². The molecule has 0 saturated heterocycles. The molecule has 1 amide bonds. The first-order valence-corrected chi connectivity index (χ1v) is 6.25. The average molecular weight is 292 g/mol. The Balaban J connectivity index is 1.95. The summed E-state index contributed by atoms with van der Waals surface area (Å²) < 4.78 is 31.3. The first-order chi connectivity index (χ1) is 10.1. The molecule has 0 spiro atoms. The van der Waals surface area contributed by atoms with Crippen LogP contribution in [0.4, 0.5) is 14.5 Å².